The fraction of sp³-hybridized carbons (Fsp3) is 0.182. The summed E-state index contributed by atoms with van der Waals surface area (Å²) in [5, 5.41) is 3.88. The molecule has 1 aromatic heterocycles. The van der Waals surface area contributed by atoms with Gasteiger partial charge in [-0.15, -0.1) is 0 Å². The maximum atomic E-state index is 14.1. The molecule has 9 heteroatoms. The van der Waals surface area contributed by atoms with Crippen molar-refractivity contribution in [3.05, 3.63) is 40.2 Å². The molecule has 20 heavy (non-hydrogen) atoms. The lowest BCUT2D eigenvalue weighted by Crippen LogP contribution is -2.16. The predicted octanol–water partition coefficient (Wildman–Crippen LogP) is 1.58. The van der Waals surface area contributed by atoms with Gasteiger partial charge in [0.05, 0.1) is 0 Å². The second kappa shape index (κ2) is 5.51. The van der Waals surface area contributed by atoms with E-state index in [0.29, 0.717) is 4.47 Å². The summed E-state index contributed by atoms with van der Waals surface area (Å²) in [6.07, 6.45) is 1.57. The molecular weight excluding hydrogens is 351 g/mol. The first kappa shape index (κ1) is 14.9. The summed E-state index contributed by atoms with van der Waals surface area (Å²) in [7, 11) is -2.43. The zero-order chi connectivity index (χ0) is 14.9. The average molecular weight is 363 g/mol. The Hall–Kier alpha value is -1.45. The van der Waals surface area contributed by atoms with Gasteiger partial charge in [-0.25, -0.2) is 12.8 Å². The molecule has 0 saturated carbocycles. The lowest BCUT2D eigenvalue weighted by atomic mass is 10.2. The van der Waals surface area contributed by atoms with Gasteiger partial charge in [0.1, 0.15) is 10.7 Å². The summed E-state index contributed by atoms with van der Waals surface area (Å²) in [5.74, 6) is -0.750. The number of hydrogen-bond acceptors (Lipinski definition) is 4. The molecule has 108 valence electrons. The van der Waals surface area contributed by atoms with Crippen molar-refractivity contribution in [3.63, 3.8) is 0 Å². The molecular formula is C11H12BrFN4O2S. The molecule has 0 saturated heterocycles. The van der Waals surface area contributed by atoms with E-state index < -0.39 is 20.7 Å². The van der Waals surface area contributed by atoms with Crippen LogP contribution in [-0.2, 0) is 23.6 Å². The van der Waals surface area contributed by atoms with Gasteiger partial charge in [-0.2, -0.15) is 5.10 Å². The maximum Gasteiger partial charge on any atom is 0.266 e. The topological polar surface area (TPSA) is 90.0 Å². The fourth-order valence-corrected chi connectivity index (χ4v) is 3.42. The van der Waals surface area contributed by atoms with E-state index in [9.17, 15) is 12.8 Å². The quantitative estimate of drug-likeness (QED) is 0.863. The van der Waals surface area contributed by atoms with Crippen molar-refractivity contribution in [2.45, 2.75) is 11.4 Å². The maximum absolute atomic E-state index is 14.1. The Morgan fingerprint density at radius 1 is 1.50 bits per heavy atom. The summed E-state index contributed by atoms with van der Waals surface area (Å²) in [6, 6.07) is 4.09. The molecule has 0 fully saturated rings. The van der Waals surface area contributed by atoms with Crippen LogP contribution < -0.4 is 10.5 Å². The minimum absolute atomic E-state index is 0.0998. The molecule has 0 aliphatic carbocycles. The molecule has 3 N–H and O–H groups in total. The van der Waals surface area contributed by atoms with Crippen molar-refractivity contribution < 1.29 is 12.8 Å². The number of nitrogens with two attached hydrogens (primary N) is 1. The van der Waals surface area contributed by atoms with E-state index in [1.54, 1.807) is 13.2 Å². The van der Waals surface area contributed by atoms with Crippen LogP contribution in [0.25, 0.3) is 0 Å². The molecule has 0 atom stereocenters. The van der Waals surface area contributed by atoms with Crippen LogP contribution in [0.4, 0.5) is 10.2 Å². The van der Waals surface area contributed by atoms with Gasteiger partial charge in [-0.3, -0.25) is 9.40 Å². The third-order valence-electron chi connectivity index (χ3n) is 2.54. The molecule has 0 bridgehead atoms. The Morgan fingerprint density at radius 2 is 2.20 bits per heavy atom. The van der Waals surface area contributed by atoms with Crippen LogP contribution >= 0.6 is 15.9 Å². The van der Waals surface area contributed by atoms with Crippen LogP contribution in [0.15, 0.2) is 33.8 Å². The second-order valence-electron chi connectivity index (χ2n) is 4.06. The Balaban J connectivity index is 2.46. The number of rotatable bonds is 4. The zero-order valence-electron chi connectivity index (χ0n) is 10.5. The molecule has 2 aromatic rings. The van der Waals surface area contributed by atoms with Gasteiger partial charge < -0.3 is 5.73 Å². The van der Waals surface area contributed by atoms with Crippen molar-refractivity contribution in [1.82, 2.24) is 9.78 Å². The lowest BCUT2D eigenvalue weighted by molar-refractivity contribution is 0.560. The number of hydrogen-bond donors (Lipinski definition) is 2. The molecule has 0 amide bonds. The van der Waals surface area contributed by atoms with Gasteiger partial charge in [-0.05, 0) is 12.1 Å². The Morgan fingerprint density at radius 3 is 2.75 bits per heavy atom. The highest BCUT2D eigenvalue weighted by Crippen LogP contribution is 2.25. The van der Waals surface area contributed by atoms with E-state index in [2.05, 4.69) is 25.8 Å². The van der Waals surface area contributed by atoms with Gasteiger partial charge in [0.2, 0.25) is 0 Å². The van der Waals surface area contributed by atoms with Crippen LogP contribution in [-0.4, -0.2) is 18.2 Å². The van der Waals surface area contributed by atoms with Gasteiger partial charge in [0.25, 0.3) is 10.0 Å². The molecule has 1 aromatic carbocycles. The van der Waals surface area contributed by atoms with Crippen LogP contribution in [0, 0.1) is 5.82 Å². The van der Waals surface area contributed by atoms with Gasteiger partial charge in [-0.1, -0.05) is 15.9 Å². The Bertz CT molecular complexity index is 745. The van der Waals surface area contributed by atoms with Crippen molar-refractivity contribution in [2.75, 3.05) is 4.72 Å². The minimum atomic E-state index is -4.07. The molecule has 0 aliphatic rings. The highest BCUT2D eigenvalue weighted by Gasteiger charge is 2.23. The summed E-state index contributed by atoms with van der Waals surface area (Å²) < 4.78 is 42.6. The number of sulfonamides is 1. The van der Waals surface area contributed by atoms with E-state index in [1.807, 2.05) is 0 Å². The van der Waals surface area contributed by atoms with Crippen LogP contribution in [0.1, 0.15) is 5.56 Å². The molecule has 0 radical (unpaired) electrons. The normalized spacial score (nSPS) is 11.6. The predicted molar refractivity (Wildman–Crippen MR) is 76.0 cm³/mol. The Kier molecular flexibility index (Phi) is 4.11. The highest BCUT2D eigenvalue weighted by molar-refractivity contribution is 9.10. The lowest BCUT2D eigenvalue weighted by Gasteiger charge is -2.10. The molecule has 6 nitrogen and oxygen atoms in total. The number of halogens is 2. The molecule has 1 heterocycles. The summed E-state index contributed by atoms with van der Waals surface area (Å²) in [6.45, 7) is -0.0998. The number of nitrogens with zero attached hydrogens (tertiary/aromatic N) is 2. The third-order valence-corrected chi connectivity index (χ3v) is 4.35. The average Bonchev–Trinajstić information content (AvgIpc) is 2.76. The number of nitrogens with one attached hydrogen (secondary N) is 1. The summed E-state index contributed by atoms with van der Waals surface area (Å²) in [5.41, 5.74) is 5.51. The standard InChI is InChI=1S/C11H12BrFN4O2S/c1-17-3-2-10(15-17)16-20(18,19)9-5-8(12)4-7(6-14)11(9)13/h2-5H,6,14H2,1H3,(H,15,16). The number of aromatic nitrogens is 2. The van der Waals surface area contributed by atoms with E-state index in [4.69, 9.17) is 5.73 Å². The first-order chi connectivity index (χ1) is 9.33. The third kappa shape index (κ3) is 3.00. The summed E-state index contributed by atoms with van der Waals surface area (Å²) >= 11 is 3.14. The van der Waals surface area contributed by atoms with E-state index in [-0.39, 0.29) is 17.9 Å². The van der Waals surface area contributed by atoms with E-state index in [0.717, 1.165) is 0 Å². The van der Waals surface area contributed by atoms with Gasteiger partial charge in [0.15, 0.2) is 5.82 Å². The first-order valence-electron chi connectivity index (χ1n) is 5.54. The highest BCUT2D eigenvalue weighted by atomic mass is 79.9. The molecule has 2 rings (SSSR count). The first-order valence-corrected chi connectivity index (χ1v) is 7.81. The second-order valence-corrected chi connectivity index (χ2v) is 6.63. The zero-order valence-corrected chi connectivity index (χ0v) is 12.9. The van der Waals surface area contributed by atoms with Crippen molar-refractivity contribution in [1.29, 1.82) is 0 Å². The number of anilines is 1. The van der Waals surface area contributed by atoms with Crippen LogP contribution in [0.5, 0.6) is 0 Å². The fourth-order valence-electron chi connectivity index (χ4n) is 1.62. The SMILES string of the molecule is Cn1ccc(NS(=O)(=O)c2cc(Br)cc(CN)c2F)n1. The molecule has 0 aliphatic heterocycles. The van der Waals surface area contributed by atoms with Gasteiger partial charge >= 0.3 is 0 Å². The van der Waals surface area contributed by atoms with Gasteiger partial charge in [0, 0.05) is 35.9 Å². The smallest absolute Gasteiger partial charge is 0.266 e. The Labute approximate surface area is 124 Å². The molecule has 0 spiro atoms. The minimum Gasteiger partial charge on any atom is -0.326 e. The van der Waals surface area contributed by atoms with Crippen molar-refractivity contribution in [3.8, 4) is 0 Å². The van der Waals surface area contributed by atoms with Crippen molar-refractivity contribution >= 4 is 31.8 Å². The monoisotopic (exact) mass is 362 g/mol. The van der Waals surface area contributed by atoms with Crippen LogP contribution in [0.3, 0.4) is 0 Å². The molecule has 0 unspecified atom stereocenters. The largest absolute Gasteiger partial charge is 0.326 e. The van der Waals surface area contributed by atoms with E-state index in [1.165, 1.54) is 22.9 Å². The number of benzene rings is 1. The summed E-state index contributed by atoms with van der Waals surface area (Å²) in [4.78, 5) is -0.474. The van der Waals surface area contributed by atoms with Crippen molar-refractivity contribution in [2.24, 2.45) is 12.8 Å². The number of aryl methyl sites for hydroxylation is 1. The van der Waals surface area contributed by atoms with E-state index >= 15 is 0 Å². The van der Waals surface area contributed by atoms with Crippen LogP contribution in [0.2, 0.25) is 0 Å².